The third-order valence-corrected chi connectivity index (χ3v) is 1.98. The van der Waals surface area contributed by atoms with E-state index in [1.807, 2.05) is 6.92 Å². The minimum atomic E-state index is -4.63. The van der Waals surface area contributed by atoms with Gasteiger partial charge in [0.1, 0.15) is 5.75 Å². The molecule has 0 aromatic heterocycles. The third-order valence-electron chi connectivity index (χ3n) is 1.98. The Morgan fingerprint density at radius 2 is 1.81 bits per heavy atom. The van der Waals surface area contributed by atoms with Gasteiger partial charge in [-0.25, -0.2) is 0 Å². The van der Waals surface area contributed by atoms with E-state index in [1.54, 1.807) is 0 Å². The van der Waals surface area contributed by atoms with Gasteiger partial charge in [0.15, 0.2) is 6.10 Å². The molecule has 0 saturated carbocycles. The van der Waals surface area contributed by atoms with Gasteiger partial charge in [0.05, 0.1) is 6.61 Å². The van der Waals surface area contributed by atoms with Crippen molar-refractivity contribution in [3.63, 3.8) is 0 Å². The molecule has 0 aliphatic heterocycles. The van der Waals surface area contributed by atoms with Gasteiger partial charge in [-0.15, -0.1) is 0 Å². The maximum atomic E-state index is 12.2. The Bertz CT molecular complexity index is 319. The van der Waals surface area contributed by atoms with Crippen molar-refractivity contribution >= 4 is 0 Å². The summed E-state index contributed by atoms with van der Waals surface area (Å²) in [6.45, 7) is 2.45. The lowest BCUT2D eigenvalue weighted by Gasteiger charge is -2.15. The molecular weight excluding hydrogens is 221 g/mol. The lowest BCUT2D eigenvalue weighted by Crippen LogP contribution is -2.20. The number of benzene rings is 1. The van der Waals surface area contributed by atoms with E-state index >= 15 is 0 Å². The van der Waals surface area contributed by atoms with Gasteiger partial charge in [-0.05, 0) is 24.1 Å². The van der Waals surface area contributed by atoms with E-state index in [2.05, 4.69) is 0 Å². The topological polar surface area (TPSA) is 29.5 Å². The highest BCUT2D eigenvalue weighted by atomic mass is 19.4. The van der Waals surface area contributed by atoms with Crippen LogP contribution in [0.25, 0.3) is 0 Å². The smallest absolute Gasteiger partial charge is 0.418 e. The summed E-state index contributed by atoms with van der Waals surface area (Å²) in [7, 11) is 0. The molecule has 0 aliphatic rings. The Balaban J connectivity index is 2.71. The van der Waals surface area contributed by atoms with Crippen LogP contribution in [0.3, 0.4) is 0 Å². The first-order valence-electron chi connectivity index (χ1n) is 4.92. The SMILES string of the molecule is CCCOc1ccc([C@@H](O)C(F)(F)F)cc1. The summed E-state index contributed by atoms with van der Waals surface area (Å²) in [5, 5.41) is 8.96. The van der Waals surface area contributed by atoms with Crippen molar-refractivity contribution in [1.29, 1.82) is 0 Å². The average Bonchev–Trinajstić information content (AvgIpc) is 2.25. The van der Waals surface area contributed by atoms with Crippen LogP contribution in [-0.2, 0) is 0 Å². The van der Waals surface area contributed by atoms with Crippen LogP contribution in [-0.4, -0.2) is 17.9 Å². The first-order valence-corrected chi connectivity index (χ1v) is 4.92. The number of hydrogen-bond acceptors (Lipinski definition) is 2. The highest BCUT2D eigenvalue weighted by Crippen LogP contribution is 2.32. The molecule has 0 spiro atoms. The first kappa shape index (κ1) is 12.8. The fourth-order valence-electron chi connectivity index (χ4n) is 1.16. The molecule has 1 rings (SSSR count). The molecule has 0 amide bonds. The van der Waals surface area contributed by atoms with Crippen LogP contribution in [0.5, 0.6) is 5.75 Å². The predicted octanol–water partition coefficient (Wildman–Crippen LogP) is 3.07. The van der Waals surface area contributed by atoms with Crippen LogP contribution in [0.4, 0.5) is 13.2 Å². The van der Waals surface area contributed by atoms with Gasteiger partial charge in [-0.2, -0.15) is 13.2 Å². The number of rotatable bonds is 4. The molecule has 1 N–H and O–H groups in total. The summed E-state index contributed by atoms with van der Waals surface area (Å²) >= 11 is 0. The van der Waals surface area contributed by atoms with Gasteiger partial charge in [0, 0.05) is 0 Å². The minimum absolute atomic E-state index is 0.184. The normalized spacial score (nSPS) is 13.6. The molecule has 1 atom stereocenters. The van der Waals surface area contributed by atoms with E-state index in [9.17, 15) is 13.2 Å². The molecule has 0 unspecified atom stereocenters. The summed E-state index contributed by atoms with van der Waals surface area (Å²) in [5.41, 5.74) is -0.184. The molecule has 0 saturated heterocycles. The number of ether oxygens (including phenoxy) is 1. The van der Waals surface area contributed by atoms with Crippen LogP contribution < -0.4 is 4.74 Å². The number of aliphatic hydroxyl groups is 1. The van der Waals surface area contributed by atoms with Crippen molar-refractivity contribution in [2.45, 2.75) is 25.6 Å². The van der Waals surface area contributed by atoms with Crippen molar-refractivity contribution < 1.29 is 23.0 Å². The molecule has 0 radical (unpaired) electrons. The predicted molar refractivity (Wildman–Crippen MR) is 53.2 cm³/mol. The lowest BCUT2D eigenvalue weighted by molar-refractivity contribution is -0.206. The summed E-state index contributed by atoms with van der Waals surface area (Å²) in [6, 6.07) is 5.26. The van der Waals surface area contributed by atoms with Crippen LogP contribution in [0, 0.1) is 0 Å². The zero-order chi connectivity index (χ0) is 12.2. The fraction of sp³-hybridized carbons (Fsp3) is 0.455. The zero-order valence-electron chi connectivity index (χ0n) is 8.79. The number of halogens is 3. The van der Waals surface area contributed by atoms with Crippen LogP contribution in [0.1, 0.15) is 25.0 Å². The summed E-state index contributed by atoms with van der Waals surface area (Å²) < 4.78 is 41.7. The van der Waals surface area contributed by atoms with Crippen LogP contribution in [0.15, 0.2) is 24.3 Å². The van der Waals surface area contributed by atoms with Crippen molar-refractivity contribution in [2.75, 3.05) is 6.61 Å². The van der Waals surface area contributed by atoms with E-state index in [4.69, 9.17) is 9.84 Å². The van der Waals surface area contributed by atoms with Crippen molar-refractivity contribution in [1.82, 2.24) is 0 Å². The number of alkyl halides is 3. The van der Waals surface area contributed by atoms with Gasteiger partial charge in [0.25, 0.3) is 0 Å². The molecule has 0 bridgehead atoms. The molecule has 16 heavy (non-hydrogen) atoms. The highest BCUT2D eigenvalue weighted by Gasteiger charge is 2.39. The Morgan fingerprint density at radius 1 is 1.25 bits per heavy atom. The second-order valence-electron chi connectivity index (χ2n) is 3.36. The fourth-order valence-corrected chi connectivity index (χ4v) is 1.16. The number of aliphatic hydroxyl groups excluding tert-OH is 1. The average molecular weight is 234 g/mol. The Morgan fingerprint density at radius 3 is 2.25 bits per heavy atom. The second kappa shape index (κ2) is 5.21. The highest BCUT2D eigenvalue weighted by molar-refractivity contribution is 5.29. The van der Waals surface area contributed by atoms with E-state index in [-0.39, 0.29) is 5.56 Å². The Hall–Kier alpha value is -1.23. The minimum Gasteiger partial charge on any atom is -0.494 e. The van der Waals surface area contributed by atoms with E-state index in [0.717, 1.165) is 6.42 Å². The Labute approximate surface area is 91.7 Å². The largest absolute Gasteiger partial charge is 0.494 e. The molecule has 2 nitrogen and oxygen atoms in total. The third kappa shape index (κ3) is 3.41. The molecule has 0 aliphatic carbocycles. The lowest BCUT2D eigenvalue weighted by atomic mass is 10.1. The van der Waals surface area contributed by atoms with Crippen LogP contribution in [0.2, 0.25) is 0 Å². The van der Waals surface area contributed by atoms with E-state index < -0.39 is 12.3 Å². The van der Waals surface area contributed by atoms with Gasteiger partial charge in [-0.1, -0.05) is 19.1 Å². The van der Waals surface area contributed by atoms with Gasteiger partial charge in [-0.3, -0.25) is 0 Å². The van der Waals surface area contributed by atoms with Crippen molar-refractivity contribution in [2.24, 2.45) is 0 Å². The maximum absolute atomic E-state index is 12.2. The van der Waals surface area contributed by atoms with Gasteiger partial charge < -0.3 is 9.84 Å². The molecule has 1 aromatic carbocycles. The van der Waals surface area contributed by atoms with E-state index in [0.29, 0.717) is 12.4 Å². The maximum Gasteiger partial charge on any atom is 0.418 e. The van der Waals surface area contributed by atoms with Crippen molar-refractivity contribution in [3.05, 3.63) is 29.8 Å². The van der Waals surface area contributed by atoms with Crippen molar-refractivity contribution in [3.8, 4) is 5.75 Å². The second-order valence-corrected chi connectivity index (χ2v) is 3.36. The quantitative estimate of drug-likeness (QED) is 0.867. The molecule has 0 heterocycles. The standard InChI is InChI=1S/C11H13F3O2/c1-2-7-16-9-5-3-8(4-6-9)10(15)11(12,13)14/h3-6,10,15H,2,7H2,1H3/t10-/m1/s1. The van der Waals surface area contributed by atoms with Crippen LogP contribution >= 0.6 is 0 Å². The summed E-state index contributed by atoms with van der Waals surface area (Å²) in [5.74, 6) is 0.500. The molecular formula is C11H13F3O2. The first-order chi connectivity index (χ1) is 7.45. The Kier molecular flexibility index (Phi) is 4.18. The monoisotopic (exact) mass is 234 g/mol. The van der Waals surface area contributed by atoms with Gasteiger partial charge >= 0.3 is 6.18 Å². The number of hydrogen-bond donors (Lipinski definition) is 1. The molecule has 5 heteroatoms. The molecule has 0 fully saturated rings. The molecule has 1 aromatic rings. The summed E-state index contributed by atoms with van der Waals surface area (Å²) in [6.07, 6.45) is -6.24. The summed E-state index contributed by atoms with van der Waals surface area (Å²) in [4.78, 5) is 0. The zero-order valence-corrected chi connectivity index (χ0v) is 8.79. The van der Waals surface area contributed by atoms with Gasteiger partial charge in [0.2, 0.25) is 0 Å². The molecule has 90 valence electrons. The van der Waals surface area contributed by atoms with E-state index in [1.165, 1.54) is 24.3 Å².